The van der Waals surface area contributed by atoms with Crippen molar-refractivity contribution in [2.75, 3.05) is 37.8 Å². The predicted octanol–water partition coefficient (Wildman–Crippen LogP) is 1.63. The monoisotopic (exact) mass is 394 g/mol. The van der Waals surface area contributed by atoms with Gasteiger partial charge in [-0.3, -0.25) is 14.0 Å². The lowest BCUT2D eigenvalue weighted by molar-refractivity contribution is 0.0950. The second-order valence-electron chi connectivity index (χ2n) is 6.63. The average Bonchev–Trinajstić information content (AvgIpc) is 2.70. The number of rotatable bonds is 6. The molecule has 0 bridgehead atoms. The maximum Gasteiger partial charge on any atom is 0.323 e. The van der Waals surface area contributed by atoms with Gasteiger partial charge in [0.2, 0.25) is 0 Å². The van der Waals surface area contributed by atoms with E-state index in [0.717, 1.165) is 0 Å². The molecule has 2 aromatic heterocycles. The molecule has 29 heavy (non-hydrogen) atoms. The molecule has 0 radical (unpaired) electrons. The Hall–Kier alpha value is -3.72. The molecule has 3 rings (SSSR count). The zero-order chi connectivity index (χ0) is 20.8. The lowest BCUT2D eigenvalue weighted by Gasteiger charge is -2.11. The molecule has 3 amide bonds. The summed E-state index contributed by atoms with van der Waals surface area (Å²) in [6.07, 6.45) is 2.70. The quantitative estimate of drug-likeness (QED) is 0.589. The van der Waals surface area contributed by atoms with Crippen molar-refractivity contribution in [1.29, 1.82) is 0 Å². The van der Waals surface area contributed by atoms with Gasteiger partial charge in [0.1, 0.15) is 11.3 Å². The standard InChI is InChI=1S/C20H22N6O3/c1-25(2)11-10-21-18(27)14-8-9-17-22-12-16(19(28)26(17)13-14)24-20(29)23-15-6-4-3-5-7-15/h3-9,12-13H,10-11H2,1-2H3,(H,21,27)(H2,23,24,29). The summed E-state index contributed by atoms with van der Waals surface area (Å²) < 4.78 is 1.24. The van der Waals surface area contributed by atoms with Crippen LogP contribution in [-0.2, 0) is 0 Å². The zero-order valence-corrected chi connectivity index (χ0v) is 16.2. The van der Waals surface area contributed by atoms with Gasteiger partial charge >= 0.3 is 6.03 Å². The van der Waals surface area contributed by atoms with Crippen molar-refractivity contribution >= 4 is 29.0 Å². The number of urea groups is 1. The van der Waals surface area contributed by atoms with Crippen LogP contribution in [0.4, 0.5) is 16.2 Å². The Morgan fingerprint density at radius 1 is 1.07 bits per heavy atom. The molecular weight excluding hydrogens is 372 g/mol. The van der Waals surface area contributed by atoms with E-state index in [1.54, 1.807) is 36.4 Å². The van der Waals surface area contributed by atoms with Crippen LogP contribution in [0.2, 0.25) is 0 Å². The smallest absolute Gasteiger partial charge is 0.323 e. The Balaban J connectivity index is 1.78. The van der Waals surface area contributed by atoms with E-state index in [9.17, 15) is 14.4 Å². The van der Waals surface area contributed by atoms with E-state index in [1.165, 1.54) is 16.8 Å². The van der Waals surface area contributed by atoms with E-state index in [4.69, 9.17) is 0 Å². The first-order valence-electron chi connectivity index (χ1n) is 9.01. The van der Waals surface area contributed by atoms with Gasteiger partial charge in [-0.1, -0.05) is 18.2 Å². The topological polar surface area (TPSA) is 108 Å². The number of carbonyl (C=O) groups is 2. The molecular formula is C20H22N6O3. The van der Waals surface area contributed by atoms with Gasteiger partial charge in [0.15, 0.2) is 0 Å². The largest absolute Gasteiger partial charge is 0.351 e. The molecule has 0 saturated heterocycles. The van der Waals surface area contributed by atoms with Gasteiger partial charge in [-0.15, -0.1) is 0 Å². The highest BCUT2D eigenvalue weighted by Gasteiger charge is 2.12. The number of anilines is 2. The molecule has 0 aliphatic rings. The van der Waals surface area contributed by atoms with Crippen molar-refractivity contribution in [2.45, 2.75) is 0 Å². The Labute approximate surface area is 167 Å². The molecule has 0 unspecified atom stereocenters. The molecule has 3 N–H and O–H groups in total. The summed E-state index contributed by atoms with van der Waals surface area (Å²) in [6, 6.07) is 11.5. The Kier molecular flexibility index (Phi) is 6.20. The summed E-state index contributed by atoms with van der Waals surface area (Å²) in [5.74, 6) is -0.291. The Morgan fingerprint density at radius 2 is 1.83 bits per heavy atom. The van der Waals surface area contributed by atoms with E-state index in [0.29, 0.717) is 30.0 Å². The number of hydrogen-bond acceptors (Lipinski definition) is 5. The van der Waals surface area contributed by atoms with Gasteiger partial charge in [-0.2, -0.15) is 0 Å². The van der Waals surface area contributed by atoms with Crippen LogP contribution in [0.1, 0.15) is 10.4 Å². The van der Waals surface area contributed by atoms with E-state index in [2.05, 4.69) is 20.9 Å². The van der Waals surface area contributed by atoms with Crippen LogP contribution in [-0.4, -0.2) is 53.4 Å². The number of benzene rings is 1. The number of aromatic nitrogens is 2. The van der Waals surface area contributed by atoms with Crippen molar-refractivity contribution in [1.82, 2.24) is 19.6 Å². The van der Waals surface area contributed by atoms with Crippen LogP contribution in [0.15, 0.2) is 59.7 Å². The minimum atomic E-state index is -0.562. The first-order chi connectivity index (χ1) is 13.9. The third-order valence-corrected chi connectivity index (χ3v) is 4.09. The molecule has 9 nitrogen and oxygen atoms in total. The normalized spacial score (nSPS) is 10.7. The number of para-hydroxylation sites is 1. The molecule has 0 fully saturated rings. The summed E-state index contributed by atoms with van der Waals surface area (Å²) in [5, 5.41) is 7.92. The van der Waals surface area contributed by atoms with E-state index in [1.807, 2.05) is 25.1 Å². The highest BCUT2D eigenvalue weighted by molar-refractivity contribution is 5.99. The Morgan fingerprint density at radius 3 is 2.55 bits per heavy atom. The van der Waals surface area contributed by atoms with Gasteiger partial charge in [0, 0.05) is 25.0 Å². The molecule has 0 saturated carbocycles. The minimum Gasteiger partial charge on any atom is -0.351 e. The summed E-state index contributed by atoms with van der Waals surface area (Å²) in [6.45, 7) is 1.18. The average molecular weight is 394 g/mol. The van der Waals surface area contributed by atoms with E-state index < -0.39 is 11.6 Å². The van der Waals surface area contributed by atoms with Crippen molar-refractivity contribution in [3.63, 3.8) is 0 Å². The summed E-state index contributed by atoms with van der Waals surface area (Å²) in [4.78, 5) is 43.3. The predicted molar refractivity (Wildman–Crippen MR) is 111 cm³/mol. The van der Waals surface area contributed by atoms with Crippen molar-refractivity contribution in [3.8, 4) is 0 Å². The van der Waals surface area contributed by atoms with Gasteiger partial charge in [-0.05, 0) is 38.4 Å². The second kappa shape index (κ2) is 8.98. The van der Waals surface area contributed by atoms with Crippen LogP contribution < -0.4 is 21.5 Å². The second-order valence-corrected chi connectivity index (χ2v) is 6.63. The number of carbonyl (C=O) groups excluding carboxylic acids is 2. The molecule has 0 aliphatic carbocycles. The van der Waals surface area contributed by atoms with Crippen LogP contribution in [0.3, 0.4) is 0 Å². The van der Waals surface area contributed by atoms with Gasteiger partial charge in [-0.25, -0.2) is 9.78 Å². The number of nitrogens with one attached hydrogen (secondary N) is 3. The van der Waals surface area contributed by atoms with Crippen molar-refractivity contribution in [2.24, 2.45) is 0 Å². The van der Waals surface area contributed by atoms with Crippen LogP contribution in [0, 0.1) is 0 Å². The lowest BCUT2D eigenvalue weighted by atomic mass is 10.2. The number of fused-ring (bicyclic) bond motifs is 1. The number of likely N-dealkylation sites (N-methyl/N-ethyl adjacent to an activating group) is 1. The molecule has 1 aromatic carbocycles. The van der Waals surface area contributed by atoms with Gasteiger partial charge in [0.05, 0.1) is 11.8 Å². The van der Waals surface area contributed by atoms with Gasteiger partial charge in [0.25, 0.3) is 11.5 Å². The molecule has 2 heterocycles. The molecule has 0 atom stereocenters. The van der Waals surface area contributed by atoms with Crippen LogP contribution in [0.25, 0.3) is 5.65 Å². The van der Waals surface area contributed by atoms with Gasteiger partial charge < -0.3 is 20.9 Å². The summed E-state index contributed by atoms with van der Waals surface area (Å²) >= 11 is 0. The molecule has 0 spiro atoms. The number of amides is 3. The first kappa shape index (κ1) is 20.0. The third kappa shape index (κ3) is 5.17. The SMILES string of the molecule is CN(C)CCNC(=O)c1ccc2ncc(NC(=O)Nc3ccccc3)c(=O)n2c1. The molecule has 150 valence electrons. The Bertz CT molecular complexity index is 1080. The van der Waals surface area contributed by atoms with Crippen molar-refractivity contribution in [3.05, 3.63) is 70.8 Å². The lowest BCUT2D eigenvalue weighted by Crippen LogP contribution is -2.32. The fourth-order valence-corrected chi connectivity index (χ4v) is 2.60. The number of pyridine rings is 1. The highest BCUT2D eigenvalue weighted by atomic mass is 16.2. The molecule has 3 aromatic rings. The zero-order valence-electron chi connectivity index (χ0n) is 16.2. The summed E-state index contributed by atoms with van der Waals surface area (Å²) in [7, 11) is 3.83. The molecule has 9 heteroatoms. The maximum absolute atomic E-state index is 12.7. The third-order valence-electron chi connectivity index (χ3n) is 4.09. The van der Waals surface area contributed by atoms with Crippen LogP contribution >= 0.6 is 0 Å². The maximum atomic E-state index is 12.7. The van der Waals surface area contributed by atoms with Crippen molar-refractivity contribution < 1.29 is 9.59 Å². The van der Waals surface area contributed by atoms with E-state index in [-0.39, 0.29) is 11.6 Å². The van der Waals surface area contributed by atoms with E-state index >= 15 is 0 Å². The number of hydrogen-bond donors (Lipinski definition) is 3. The number of nitrogens with zero attached hydrogens (tertiary/aromatic N) is 3. The minimum absolute atomic E-state index is 0.00102. The summed E-state index contributed by atoms with van der Waals surface area (Å²) in [5.41, 5.74) is 0.803. The fraction of sp³-hybridized carbons (Fsp3) is 0.200. The highest BCUT2D eigenvalue weighted by Crippen LogP contribution is 2.08. The molecule has 0 aliphatic heterocycles. The van der Waals surface area contributed by atoms with Crippen LogP contribution in [0.5, 0.6) is 0 Å². The fourth-order valence-electron chi connectivity index (χ4n) is 2.60. The first-order valence-corrected chi connectivity index (χ1v) is 9.01.